The van der Waals surface area contributed by atoms with E-state index in [1.165, 1.54) is 12.1 Å². The molecule has 1 fully saturated rings. The summed E-state index contributed by atoms with van der Waals surface area (Å²) in [5, 5.41) is 0.522. The molecule has 3 N–H and O–H groups in total. The molecule has 0 spiro atoms. The Hall–Kier alpha value is -0.680. The van der Waals surface area contributed by atoms with Gasteiger partial charge in [0.1, 0.15) is 5.82 Å². The Labute approximate surface area is 105 Å². The first-order valence-electron chi connectivity index (χ1n) is 5.66. The fourth-order valence-corrected chi connectivity index (χ4v) is 2.62. The van der Waals surface area contributed by atoms with Crippen molar-refractivity contribution in [2.75, 3.05) is 6.61 Å². The van der Waals surface area contributed by atoms with Crippen LogP contribution < -0.4 is 11.3 Å². The van der Waals surface area contributed by atoms with Crippen molar-refractivity contribution in [3.63, 3.8) is 0 Å². The van der Waals surface area contributed by atoms with Gasteiger partial charge in [-0.2, -0.15) is 0 Å². The van der Waals surface area contributed by atoms with Crippen molar-refractivity contribution in [2.45, 2.75) is 25.5 Å². The van der Waals surface area contributed by atoms with Crippen molar-refractivity contribution >= 4 is 11.6 Å². The highest BCUT2D eigenvalue weighted by Crippen LogP contribution is 2.35. The fourth-order valence-electron chi connectivity index (χ4n) is 2.38. The summed E-state index contributed by atoms with van der Waals surface area (Å²) in [7, 11) is 0. The number of hydrazine groups is 1. The van der Waals surface area contributed by atoms with Crippen LogP contribution in [0.2, 0.25) is 5.02 Å². The van der Waals surface area contributed by atoms with Gasteiger partial charge in [-0.05, 0) is 37.1 Å². The highest BCUT2D eigenvalue weighted by Gasteiger charge is 2.33. The van der Waals surface area contributed by atoms with Gasteiger partial charge < -0.3 is 4.74 Å². The van der Waals surface area contributed by atoms with Crippen molar-refractivity contribution in [3.8, 4) is 0 Å². The SMILES string of the molecule is CC1OCCC1C(NN)c1cc(F)ccc1Cl. The largest absolute Gasteiger partial charge is 0.378 e. The summed E-state index contributed by atoms with van der Waals surface area (Å²) >= 11 is 6.09. The quantitative estimate of drug-likeness (QED) is 0.647. The zero-order chi connectivity index (χ0) is 12.4. The first kappa shape index (κ1) is 12.8. The van der Waals surface area contributed by atoms with Gasteiger partial charge in [-0.1, -0.05) is 11.6 Å². The van der Waals surface area contributed by atoms with Gasteiger partial charge in [0.15, 0.2) is 0 Å². The lowest BCUT2D eigenvalue weighted by atomic mass is 9.88. The molecule has 0 bridgehead atoms. The maximum Gasteiger partial charge on any atom is 0.123 e. The van der Waals surface area contributed by atoms with Crippen molar-refractivity contribution in [3.05, 3.63) is 34.6 Å². The third-order valence-electron chi connectivity index (χ3n) is 3.34. The van der Waals surface area contributed by atoms with Crippen LogP contribution in [0.1, 0.15) is 24.9 Å². The van der Waals surface area contributed by atoms with E-state index in [2.05, 4.69) is 5.43 Å². The van der Waals surface area contributed by atoms with Crippen LogP contribution in [-0.4, -0.2) is 12.7 Å². The van der Waals surface area contributed by atoms with Crippen LogP contribution in [0.25, 0.3) is 0 Å². The molecule has 0 aromatic heterocycles. The van der Waals surface area contributed by atoms with Gasteiger partial charge in [-0.3, -0.25) is 11.3 Å². The second kappa shape index (κ2) is 5.31. The average Bonchev–Trinajstić information content (AvgIpc) is 2.71. The number of benzene rings is 1. The number of rotatable bonds is 3. The molecule has 0 radical (unpaired) electrons. The molecule has 0 aliphatic carbocycles. The van der Waals surface area contributed by atoms with Gasteiger partial charge >= 0.3 is 0 Å². The van der Waals surface area contributed by atoms with Crippen molar-refractivity contribution in [1.29, 1.82) is 0 Å². The standard InChI is InChI=1S/C12H16ClFN2O/c1-7-9(4-5-17-7)12(16-15)10-6-8(14)2-3-11(10)13/h2-3,6-7,9,12,16H,4-5,15H2,1H3. The third kappa shape index (κ3) is 2.60. The predicted octanol–water partition coefficient (Wildman–Crippen LogP) is 2.41. The molecule has 3 unspecified atom stereocenters. The second-order valence-electron chi connectivity index (χ2n) is 4.34. The summed E-state index contributed by atoms with van der Waals surface area (Å²) in [5.74, 6) is 5.48. The molecular formula is C12H16ClFN2O. The maximum atomic E-state index is 13.3. The number of nitrogens with one attached hydrogen (secondary N) is 1. The molecule has 0 amide bonds. The van der Waals surface area contributed by atoms with E-state index >= 15 is 0 Å². The van der Waals surface area contributed by atoms with E-state index in [9.17, 15) is 4.39 Å². The molecule has 1 aliphatic heterocycles. The van der Waals surface area contributed by atoms with E-state index in [0.717, 1.165) is 6.42 Å². The van der Waals surface area contributed by atoms with Gasteiger partial charge in [0.05, 0.1) is 12.1 Å². The normalized spacial score (nSPS) is 26.1. The van der Waals surface area contributed by atoms with E-state index in [4.69, 9.17) is 22.2 Å². The van der Waals surface area contributed by atoms with Gasteiger partial charge in [0, 0.05) is 17.5 Å². The Balaban J connectivity index is 2.31. The molecular weight excluding hydrogens is 243 g/mol. The molecule has 1 aromatic rings. The number of hydrogen-bond acceptors (Lipinski definition) is 3. The smallest absolute Gasteiger partial charge is 0.123 e. The van der Waals surface area contributed by atoms with Gasteiger partial charge in [0.2, 0.25) is 0 Å². The van der Waals surface area contributed by atoms with Crippen LogP contribution in [0, 0.1) is 11.7 Å². The number of hydrogen-bond donors (Lipinski definition) is 2. The maximum absolute atomic E-state index is 13.3. The van der Waals surface area contributed by atoms with Gasteiger partial charge in [-0.15, -0.1) is 0 Å². The van der Waals surface area contributed by atoms with Crippen molar-refractivity contribution < 1.29 is 9.13 Å². The molecule has 1 aliphatic rings. The van der Waals surface area contributed by atoms with Crippen LogP contribution in [-0.2, 0) is 4.74 Å². The Morgan fingerprint density at radius 2 is 2.35 bits per heavy atom. The predicted molar refractivity (Wildman–Crippen MR) is 65.0 cm³/mol. The summed E-state index contributed by atoms with van der Waals surface area (Å²) in [5.41, 5.74) is 3.42. The van der Waals surface area contributed by atoms with E-state index in [-0.39, 0.29) is 23.9 Å². The van der Waals surface area contributed by atoms with E-state index < -0.39 is 0 Å². The number of nitrogens with two attached hydrogens (primary N) is 1. The Morgan fingerprint density at radius 1 is 1.59 bits per heavy atom. The Morgan fingerprint density at radius 3 is 2.94 bits per heavy atom. The van der Waals surface area contributed by atoms with Gasteiger partial charge in [0.25, 0.3) is 0 Å². The fraction of sp³-hybridized carbons (Fsp3) is 0.500. The molecule has 1 heterocycles. The minimum atomic E-state index is -0.309. The third-order valence-corrected chi connectivity index (χ3v) is 3.68. The van der Waals surface area contributed by atoms with E-state index in [0.29, 0.717) is 17.2 Å². The summed E-state index contributed by atoms with van der Waals surface area (Å²) in [6, 6.07) is 4.14. The van der Waals surface area contributed by atoms with Crippen molar-refractivity contribution in [2.24, 2.45) is 11.8 Å². The summed E-state index contributed by atoms with van der Waals surface area (Å²) in [4.78, 5) is 0. The first-order chi connectivity index (χ1) is 8.13. The first-order valence-corrected chi connectivity index (χ1v) is 6.04. The van der Waals surface area contributed by atoms with E-state index in [1.807, 2.05) is 6.92 Å². The average molecular weight is 259 g/mol. The molecule has 3 nitrogen and oxygen atoms in total. The lowest BCUT2D eigenvalue weighted by Gasteiger charge is -2.26. The lowest BCUT2D eigenvalue weighted by Crippen LogP contribution is -2.36. The minimum absolute atomic E-state index is 0.0929. The molecule has 3 atom stereocenters. The summed E-state index contributed by atoms with van der Waals surface area (Å²) < 4.78 is 18.8. The molecule has 1 aromatic carbocycles. The highest BCUT2D eigenvalue weighted by molar-refractivity contribution is 6.31. The van der Waals surface area contributed by atoms with Crippen LogP contribution in [0.3, 0.4) is 0 Å². The highest BCUT2D eigenvalue weighted by atomic mass is 35.5. The zero-order valence-corrected chi connectivity index (χ0v) is 10.4. The topological polar surface area (TPSA) is 47.3 Å². The molecule has 17 heavy (non-hydrogen) atoms. The number of ether oxygens (including phenoxy) is 1. The molecule has 0 saturated carbocycles. The van der Waals surface area contributed by atoms with Gasteiger partial charge in [-0.25, -0.2) is 4.39 Å². The van der Waals surface area contributed by atoms with Crippen LogP contribution >= 0.6 is 11.6 Å². The van der Waals surface area contributed by atoms with Crippen LogP contribution in [0.4, 0.5) is 4.39 Å². The lowest BCUT2D eigenvalue weighted by molar-refractivity contribution is 0.0953. The molecule has 5 heteroatoms. The summed E-state index contributed by atoms with van der Waals surface area (Å²) in [6.45, 7) is 2.70. The van der Waals surface area contributed by atoms with Crippen LogP contribution in [0.15, 0.2) is 18.2 Å². The van der Waals surface area contributed by atoms with E-state index in [1.54, 1.807) is 6.07 Å². The minimum Gasteiger partial charge on any atom is -0.378 e. The van der Waals surface area contributed by atoms with Crippen molar-refractivity contribution in [1.82, 2.24) is 5.43 Å². The Bertz CT molecular complexity index is 402. The molecule has 2 rings (SSSR count). The number of halogens is 2. The molecule has 1 saturated heterocycles. The molecule has 94 valence electrons. The monoisotopic (exact) mass is 258 g/mol. The van der Waals surface area contributed by atoms with Crippen LogP contribution in [0.5, 0.6) is 0 Å². The Kier molecular flexibility index (Phi) is 3.99. The zero-order valence-electron chi connectivity index (χ0n) is 9.62. The second-order valence-corrected chi connectivity index (χ2v) is 4.75. The summed E-state index contributed by atoms with van der Waals surface area (Å²) in [6.07, 6.45) is 0.985.